The van der Waals surface area contributed by atoms with Crippen LogP contribution in [0.2, 0.25) is 0 Å². The average molecular weight is 313 g/mol. The number of likely N-dealkylation sites (tertiary alicyclic amines) is 1. The minimum absolute atomic E-state index is 0.0544. The van der Waals surface area contributed by atoms with Crippen LogP contribution in [0.15, 0.2) is 36.8 Å². The summed E-state index contributed by atoms with van der Waals surface area (Å²) in [6.07, 6.45) is 6.76. The lowest BCUT2D eigenvalue weighted by Crippen LogP contribution is -2.45. The van der Waals surface area contributed by atoms with E-state index in [0.717, 1.165) is 12.0 Å². The Labute approximate surface area is 134 Å². The standard InChI is InChI=1S/C16H19N5O2/c1-12(22)20-9-3-6-14(20)16(23)18-11-13-5-2-7-17-15(13)21-10-4-8-19-21/h2,4-5,7-8,10,14H,3,6,9,11H2,1H3,(H,18,23)/t14-/m1/s1. The summed E-state index contributed by atoms with van der Waals surface area (Å²) in [5.41, 5.74) is 0.872. The molecule has 3 rings (SSSR count). The maximum atomic E-state index is 12.4. The SMILES string of the molecule is CC(=O)N1CCC[C@@H]1C(=O)NCc1cccnc1-n1cccn1. The van der Waals surface area contributed by atoms with E-state index in [2.05, 4.69) is 15.4 Å². The maximum Gasteiger partial charge on any atom is 0.243 e. The van der Waals surface area contributed by atoms with Gasteiger partial charge in [0.25, 0.3) is 0 Å². The monoisotopic (exact) mass is 313 g/mol. The fourth-order valence-corrected chi connectivity index (χ4v) is 2.88. The predicted molar refractivity (Wildman–Crippen MR) is 83.6 cm³/mol. The fourth-order valence-electron chi connectivity index (χ4n) is 2.88. The highest BCUT2D eigenvalue weighted by Crippen LogP contribution is 2.18. The van der Waals surface area contributed by atoms with Crippen molar-refractivity contribution >= 4 is 11.8 Å². The van der Waals surface area contributed by atoms with Gasteiger partial charge in [-0.3, -0.25) is 9.59 Å². The Bertz CT molecular complexity index is 698. The van der Waals surface area contributed by atoms with Crippen molar-refractivity contribution in [2.45, 2.75) is 32.4 Å². The van der Waals surface area contributed by atoms with Gasteiger partial charge >= 0.3 is 0 Å². The largest absolute Gasteiger partial charge is 0.350 e. The van der Waals surface area contributed by atoms with Gasteiger partial charge in [-0.05, 0) is 25.0 Å². The van der Waals surface area contributed by atoms with Crippen molar-refractivity contribution in [3.63, 3.8) is 0 Å². The van der Waals surface area contributed by atoms with Crippen molar-refractivity contribution in [1.29, 1.82) is 0 Å². The molecule has 3 heterocycles. The number of hydrogen-bond acceptors (Lipinski definition) is 4. The molecule has 0 aromatic carbocycles. The molecule has 0 unspecified atom stereocenters. The minimum atomic E-state index is -0.364. The normalized spacial score (nSPS) is 17.3. The second-order valence-electron chi connectivity index (χ2n) is 5.53. The number of amides is 2. The molecule has 120 valence electrons. The molecule has 2 aromatic rings. The van der Waals surface area contributed by atoms with E-state index >= 15 is 0 Å². The first kappa shape index (κ1) is 15.2. The summed E-state index contributed by atoms with van der Waals surface area (Å²) in [6, 6.07) is 5.19. The first-order chi connectivity index (χ1) is 11.2. The van der Waals surface area contributed by atoms with Gasteiger partial charge in [0.05, 0.1) is 0 Å². The molecule has 2 aromatic heterocycles. The number of nitrogens with one attached hydrogen (secondary N) is 1. The molecule has 2 amide bonds. The van der Waals surface area contributed by atoms with Crippen LogP contribution in [-0.2, 0) is 16.1 Å². The number of nitrogens with zero attached hydrogens (tertiary/aromatic N) is 4. The van der Waals surface area contributed by atoms with Crippen molar-refractivity contribution in [3.05, 3.63) is 42.4 Å². The second kappa shape index (κ2) is 6.60. The van der Waals surface area contributed by atoms with Crippen LogP contribution < -0.4 is 5.32 Å². The molecule has 0 saturated carbocycles. The molecule has 1 aliphatic rings. The second-order valence-corrected chi connectivity index (χ2v) is 5.53. The van der Waals surface area contributed by atoms with Gasteiger partial charge in [-0.15, -0.1) is 0 Å². The van der Waals surface area contributed by atoms with E-state index in [1.165, 1.54) is 6.92 Å². The Hall–Kier alpha value is -2.70. The van der Waals surface area contributed by atoms with Crippen LogP contribution in [0.3, 0.4) is 0 Å². The fraction of sp³-hybridized carbons (Fsp3) is 0.375. The van der Waals surface area contributed by atoms with E-state index in [4.69, 9.17) is 0 Å². The third kappa shape index (κ3) is 3.23. The van der Waals surface area contributed by atoms with Crippen LogP contribution in [0.5, 0.6) is 0 Å². The first-order valence-electron chi connectivity index (χ1n) is 7.65. The number of pyridine rings is 1. The summed E-state index contributed by atoms with van der Waals surface area (Å²) < 4.78 is 1.67. The van der Waals surface area contributed by atoms with Crippen LogP contribution in [0.25, 0.3) is 5.82 Å². The molecule has 1 aliphatic heterocycles. The molecular formula is C16H19N5O2. The lowest BCUT2D eigenvalue weighted by molar-refractivity contribution is -0.136. The molecule has 7 heteroatoms. The topological polar surface area (TPSA) is 80.1 Å². The number of carbonyl (C=O) groups excluding carboxylic acids is 2. The molecule has 1 atom stereocenters. The summed E-state index contributed by atoms with van der Waals surface area (Å²) >= 11 is 0. The van der Waals surface area contributed by atoms with Gasteiger partial charge in [0.15, 0.2) is 5.82 Å². The zero-order chi connectivity index (χ0) is 16.2. The van der Waals surface area contributed by atoms with Crippen molar-refractivity contribution in [2.24, 2.45) is 0 Å². The van der Waals surface area contributed by atoms with Crippen molar-refractivity contribution in [1.82, 2.24) is 25.0 Å². The smallest absolute Gasteiger partial charge is 0.243 e. The van der Waals surface area contributed by atoms with E-state index in [0.29, 0.717) is 25.3 Å². The summed E-state index contributed by atoms with van der Waals surface area (Å²) in [5, 5.41) is 7.09. The number of aromatic nitrogens is 3. The lowest BCUT2D eigenvalue weighted by Gasteiger charge is -2.22. The number of rotatable bonds is 4. The first-order valence-corrected chi connectivity index (χ1v) is 7.65. The third-order valence-corrected chi connectivity index (χ3v) is 4.00. The number of hydrogen-bond donors (Lipinski definition) is 1. The molecule has 0 aliphatic carbocycles. The van der Waals surface area contributed by atoms with Gasteiger partial charge in [-0.2, -0.15) is 5.10 Å². The molecule has 1 N–H and O–H groups in total. The molecular weight excluding hydrogens is 294 g/mol. The van der Waals surface area contributed by atoms with Gasteiger partial charge in [0.2, 0.25) is 11.8 Å². The Morgan fingerprint density at radius 2 is 2.22 bits per heavy atom. The Kier molecular flexibility index (Phi) is 4.36. The van der Waals surface area contributed by atoms with Gasteiger partial charge in [0, 0.05) is 44.2 Å². The molecule has 0 bridgehead atoms. The number of carbonyl (C=O) groups is 2. The summed E-state index contributed by atoms with van der Waals surface area (Å²) in [6.45, 7) is 2.51. The third-order valence-electron chi connectivity index (χ3n) is 4.00. The highest BCUT2D eigenvalue weighted by Gasteiger charge is 2.32. The predicted octanol–water partition coefficient (Wildman–Crippen LogP) is 0.894. The van der Waals surface area contributed by atoms with Crippen molar-refractivity contribution < 1.29 is 9.59 Å². The molecule has 0 radical (unpaired) electrons. The van der Waals surface area contributed by atoms with Crippen molar-refractivity contribution in [2.75, 3.05) is 6.54 Å². The molecule has 23 heavy (non-hydrogen) atoms. The quantitative estimate of drug-likeness (QED) is 0.909. The van der Waals surface area contributed by atoms with Crippen molar-refractivity contribution in [3.8, 4) is 5.82 Å². The van der Waals surface area contributed by atoms with E-state index in [-0.39, 0.29) is 17.9 Å². The minimum Gasteiger partial charge on any atom is -0.350 e. The molecule has 0 spiro atoms. The summed E-state index contributed by atoms with van der Waals surface area (Å²) in [5.74, 6) is 0.516. The zero-order valence-corrected chi connectivity index (χ0v) is 13.0. The Balaban J connectivity index is 1.69. The van der Waals surface area contributed by atoms with Gasteiger partial charge in [-0.25, -0.2) is 9.67 Å². The van der Waals surface area contributed by atoms with E-state index in [1.54, 1.807) is 22.0 Å². The van der Waals surface area contributed by atoms with Gasteiger partial charge in [-0.1, -0.05) is 6.07 Å². The highest BCUT2D eigenvalue weighted by atomic mass is 16.2. The van der Waals surface area contributed by atoms with Gasteiger partial charge in [0.1, 0.15) is 6.04 Å². The molecule has 1 saturated heterocycles. The maximum absolute atomic E-state index is 12.4. The van der Waals surface area contributed by atoms with Crippen LogP contribution in [0.1, 0.15) is 25.3 Å². The van der Waals surface area contributed by atoms with E-state index in [1.807, 2.05) is 24.4 Å². The molecule has 1 fully saturated rings. The van der Waals surface area contributed by atoms with E-state index < -0.39 is 0 Å². The molecule has 7 nitrogen and oxygen atoms in total. The summed E-state index contributed by atoms with van der Waals surface area (Å²) in [7, 11) is 0. The highest BCUT2D eigenvalue weighted by molar-refractivity contribution is 5.87. The van der Waals surface area contributed by atoms with Gasteiger partial charge < -0.3 is 10.2 Å². The lowest BCUT2D eigenvalue weighted by atomic mass is 10.2. The van der Waals surface area contributed by atoms with Crippen LogP contribution in [0, 0.1) is 0 Å². The Morgan fingerprint density at radius 3 is 2.96 bits per heavy atom. The van der Waals surface area contributed by atoms with E-state index in [9.17, 15) is 9.59 Å². The summed E-state index contributed by atoms with van der Waals surface area (Å²) in [4.78, 5) is 29.9. The van der Waals surface area contributed by atoms with Crippen LogP contribution in [-0.4, -0.2) is 44.1 Å². The zero-order valence-electron chi connectivity index (χ0n) is 13.0. The Morgan fingerprint density at radius 1 is 1.35 bits per heavy atom. The van der Waals surface area contributed by atoms with Crippen LogP contribution in [0.4, 0.5) is 0 Å². The van der Waals surface area contributed by atoms with Crippen LogP contribution >= 0.6 is 0 Å². The average Bonchev–Trinajstić information content (AvgIpc) is 3.23.